The fourth-order valence-corrected chi connectivity index (χ4v) is 3.89. The van der Waals surface area contributed by atoms with Crippen LogP contribution in [0.1, 0.15) is 13.8 Å². The van der Waals surface area contributed by atoms with Crippen LogP contribution < -0.4 is 4.90 Å². The second-order valence-electron chi connectivity index (χ2n) is 6.59. The molecule has 2 aliphatic heterocycles. The van der Waals surface area contributed by atoms with Crippen molar-refractivity contribution in [1.82, 2.24) is 4.90 Å². The number of halogens is 1. The molecule has 0 aliphatic carbocycles. The highest BCUT2D eigenvalue weighted by atomic mass is 79.9. The Bertz CT molecular complexity index is 527. The van der Waals surface area contributed by atoms with Crippen LogP contribution in [-0.2, 0) is 0 Å². The first kappa shape index (κ1) is 13.7. The highest BCUT2D eigenvalue weighted by Crippen LogP contribution is 2.52. The molecule has 0 radical (unpaired) electrons. The van der Waals surface area contributed by atoms with E-state index in [4.69, 9.17) is 0 Å². The molecule has 2 unspecified atom stereocenters. The van der Waals surface area contributed by atoms with Crippen molar-refractivity contribution >= 4 is 27.7 Å². The molecule has 0 spiro atoms. The number of carbonyl (C=O) groups is 1. The molecule has 3 rings (SSSR count). The largest absolute Gasteiger partial charge is 0.465 e. The number of amides is 1. The van der Waals surface area contributed by atoms with Crippen molar-refractivity contribution < 1.29 is 9.90 Å². The Labute approximate surface area is 127 Å². The molecule has 5 heteroatoms. The van der Waals surface area contributed by atoms with Crippen LogP contribution in [0.25, 0.3) is 0 Å². The van der Waals surface area contributed by atoms with Crippen LogP contribution in [0.5, 0.6) is 0 Å². The van der Waals surface area contributed by atoms with Gasteiger partial charge in [-0.05, 0) is 24.3 Å². The average molecular weight is 339 g/mol. The molecule has 2 saturated heterocycles. The fourth-order valence-electron chi connectivity index (χ4n) is 3.63. The standard InChI is InChI=1S/C15H19BrN2O2/c1-14-7-17(12-5-3-11(16)4-6-12)8-15(14,2)10-18(9-14)13(19)20/h3-6H,7-10H2,1-2H3,(H,19,20). The van der Waals surface area contributed by atoms with Gasteiger partial charge in [0, 0.05) is 47.2 Å². The Kier molecular flexibility index (Phi) is 3.01. The lowest BCUT2D eigenvalue weighted by molar-refractivity contribution is 0.149. The van der Waals surface area contributed by atoms with Gasteiger partial charge in [-0.3, -0.25) is 0 Å². The zero-order valence-electron chi connectivity index (χ0n) is 11.8. The normalized spacial score (nSPS) is 32.5. The van der Waals surface area contributed by atoms with E-state index in [0.717, 1.165) is 17.6 Å². The van der Waals surface area contributed by atoms with Gasteiger partial charge in [-0.25, -0.2) is 4.79 Å². The van der Waals surface area contributed by atoms with Crippen LogP contribution in [-0.4, -0.2) is 42.3 Å². The summed E-state index contributed by atoms with van der Waals surface area (Å²) in [5, 5.41) is 9.22. The van der Waals surface area contributed by atoms with Crippen LogP contribution in [0, 0.1) is 10.8 Å². The Morgan fingerprint density at radius 2 is 1.60 bits per heavy atom. The number of hydrogen-bond donors (Lipinski definition) is 1. The molecule has 1 aromatic carbocycles. The molecule has 108 valence electrons. The first-order valence-corrected chi connectivity index (χ1v) is 7.61. The second-order valence-corrected chi connectivity index (χ2v) is 7.51. The lowest BCUT2D eigenvalue weighted by Crippen LogP contribution is -2.34. The molecule has 2 aliphatic rings. The van der Waals surface area contributed by atoms with Crippen molar-refractivity contribution in [2.45, 2.75) is 13.8 Å². The van der Waals surface area contributed by atoms with Crippen molar-refractivity contribution in [2.24, 2.45) is 10.8 Å². The van der Waals surface area contributed by atoms with Gasteiger partial charge in [0.05, 0.1) is 0 Å². The Morgan fingerprint density at radius 3 is 2.05 bits per heavy atom. The Balaban J connectivity index is 1.83. The van der Waals surface area contributed by atoms with E-state index in [2.05, 4.69) is 58.9 Å². The summed E-state index contributed by atoms with van der Waals surface area (Å²) in [6.07, 6.45) is -0.794. The summed E-state index contributed by atoms with van der Waals surface area (Å²) in [6, 6.07) is 8.34. The summed E-state index contributed by atoms with van der Waals surface area (Å²) in [5.41, 5.74) is 1.27. The molecule has 1 N–H and O–H groups in total. The number of rotatable bonds is 1. The molecule has 0 saturated carbocycles. The number of fused-ring (bicyclic) bond motifs is 1. The highest BCUT2D eigenvalue weighted by Gasteiger charge is 2.58. The van der Waals surface area contributed by atoms with E-state index in [1.807, 2.05) is 0 Å². The van der Waals surface area contributed by atoms with E-state index in [0.29, 0.717) is 13.1 Å². The van der Waals surface area contributed by atoms with Gasteiger partial charge in [0.1, 0.15) is 0 Å². The van der Waals surface area contributed by atoms with Crippen molar-refractivity contribution in [1.29, 1.82) is 0 Å². The van der Waals surface area contributed by atoms with Gasteiger partial charge in [-0.1, -0.05) is 29.8 Å². The average Bonchev–Trinajstić information content (AvgIpc) is 2.75. The second kappa shape index (κ2) is 4.38. The van der Waals surface area contributed by atoms with Gasteiger partial charge in [0.2, 0.25) is 0 Å². The van der Waals surface area contributed by atoms with Gasteiger partial charge in [0.25, 0.3) is 0 Å². The molecule has 1 aromatic rings. The van der Waals surface area contributed by atoms with Crippen molar-refractivity contribution in [3.8, 4) is 0 Å². The predicted molar refractivity (Wildman–Crippen MR) is 82.2 cm³/mol. The first-order valence-electron chi connectivity index (χ1n) is 6.81. The minimum absolute atomic E-state index is 0.0263. The molecule has 2 atom stereocenters. The summed E-state index contributed by atoms with van der Waals surface area (Å²) in [5.74, 6) is 0. The van der Waals surface area contributed by atoms with Gasteiger partial charge in [0.15, 0.2) is 0 Å². The lowest BCUT2D eigenvalue weighted by atomic mass is 9.71. The minimum Gasteiger partial charge on any atom is -0.465 e. The number of hydrogen-bond acceptors (Lipinski definition) is 2. The summed E-state index contributed by atoms with van der Waals surface area (Å²) in [7, 11) is 0. The first-order chi connectivity index (χ1) is 9.33. The Hall–Kier alpha value is -1.23. The van der Waals surface area contributed by atoms with Gasteiger partial charge in [-0.2, -0.15) is 0 Å². The molecular weight excluding hydrogens is 320 g/mol. The topological polar surface area (TPSA) is 43.8 Å². The molecule has 0 aromatic heterocycles. The summed E-state index contributed by atoms with van der Waals surface area (Å²) >= 11 is 3.46. The highest BCUT2D eigenvalue weighted by molar-refractivity contribution is 9.10. The van der Waals surface area contributed by atoms with Crippen molar-refractivity contribution in [3.63, 3.8) is 0 Å². The zero-order valence-corrected chi connectivity index (χ0v) is 13.4. The Morgan fingerprint density at radius 1 is 1.10 bits per heavy atom. The molecule has 0 bridgehead atoms. The number of likely N-dealkylation sites (tertiary alicyclic amines) is 1. The third-order valence-corrected chi connectivity index (χ3v) is 5.61. The molecule has 20 heavy (non-hydrogen) atoms. The van der Waals surface area contributed by atoms with Gasteiger partial charge >= 0.3 is 6.09 Å². The monoisotopic (exact) mass is 338 g/mol. The van der Waals surface area contributed by atoms with Gasteiger partial charge < -0.3 is 14.9 Å². The van der Waals surface area contributed by atoms with E-state index in [9.17, 15) is 9.90 Å². The molecule has 1 amide bonds. The van der Waals surface area contributed by atoms with Crippen LogP contribution in [0.3, 0.4) is 0 Å². The van der Waals surface area contributed by atoms with E-state index < -0.39 is 6.09 Å². The fraction of sp³-hybridized carbons (Fsp3) is 0.533. The summed E-state index contributed by atoms with van der Waals surface area (Å²) < 4.78 is 1.08. The number of anilines is 1. The van der Waals surface area contributed by atoms with Crippen LogP contribution in [0.15, 0.2) is 28.7 Å². The van der Waals surface area contributed by atoms with E-state index in [-0.39, 0.29) is 10.8 Å². The maximum absolute atomic E-state index is 11.2. The SMILES string of the molecule is CC12CN(C(=O)O)CC1(C)CN(c1ccc(Br)cc1)C2. The van der Waals surface area contributed by atoms with Crippen LogP contribution in [0.4, 0.5) is 10.5 Å². The van der Waals surface area contributed by atoms with Crippen LogP contribution in [0.2, 0.25) is 0 Å². The third kappa shape index (κ3) is 1.99. The molecule has 2 heterocycles. The van der Waals surface area contributed by atoms with Crippen molar-refractivity contribution in [3.05, 3.63) is 28.7 Å². The predicted octanol–water partition coefficient (Wildman–Crippen LogP) is 3.28. The molecular formula is C15H19BrN2O2. The van der Waals surface area contributed by atoms with Gasteiger partial charge in [-0.15, -0.1) is 0 Å². The molecule has 4 nitrogen and oxygen atoms in total. The quantitative estimate of drug-likeness (QED) is 0.854. The van der Waals surface area contributed by atoms with Crippen molar-refractivity contribution in [2.75, 3.05) is 31.1 Å². The number of benzene rings is 1. The number of carboxylic acid groups (broad SMARTS) is 1. The minimum atomic E-state index is -0.794. The lowest BCUT2D eigenvalue weighted by Gasteiger charge is -2.29. The maximum Gasteiger partial charge on any atom is 0.407 e. The summed E-state index contributed by atoms with van der Waals surface area (Å²) in [4.78, 5) is 15.2. The zero-order chi connectivity index (χ0) is 14.5. The smallest absolute Gasteiger partial charge is 0.407 e. The van der Waals surface area contributed by atoms with E-state index in [1.54, 1.807) is 4.90 Å². The van der Waals surface area contributed by atoms with E-state index >= 15 is 0 Å². The molecule has 2 fully saturated rings. The summed E-state index contributed by atoms with van der Waals surface area (Å²) in [6.45, 7) is 7.52. The third-order valence-electron chi connectivity index (χ3n) is 5.08. The van der Waals surface area contributed by atoms with Crippen LogP contribution >= 0.6 is 15.9 Å². The van der Waals surface area contributed by atoms with E-state index in [1.165, 1.54) is 5.69 Å². The maximum atomic E-state index is 11.2. The number of nitrogens with zero attached hydrogens (tertiary/aromatic N) is 2.